The molecular weight excluding hydrogens is 372 g/mol. The van der Waals surface area contributed by atoms with Crippen molar-refractivity contribution in [3.8, 4) is 22.5 Å². The van der Waals surface area contributed by atoms with Gasteiger partial charge in [-0.1, -0.05) is 30.3 Å². The van der Waals surface area contributed by atoms with Gasteiger partial charge in [-0.2, -0.15) is 26.3 Å². The maximum absolute atomic E-state index is 13.1. The highest BCUT2D eigenvalue weighted by atomic mass is 19.4. The standard InChI is InChI=1S/C18H11F6N3/c19-17(20,21)12-6-11(7-13(8-12)18(22,23)24)15-16(25)26-9-14(27-15)10-4-2-1-3-5-10/h1-9H,(H2,25,26). The van der Waals surface area contributed by atoms with E-state index in [1.54, 1.807) is 30.3 Å². The van der Waals surface area contributed by atoms with E-state index >= 15 is 0 Å². The van der Waals surface area contributed by atoms with Crippen LogP contribution in [-0.2, 0) is 12.4 Å². The summed E-state index contributed by atoms with van der Waals surface area (Å²) in [6.45, 7) is 0. The van der Waals surface area contributed by atoms with Crippen molar-refractivity contribution in [2.24, 2.45) is 0 Å². The first-order valence-corrected chi connectivity index (χ1v) is 7.53. The van der Waals surface area contributed by atoms with E-state index in [0.717, 1.165) is 0 Å². The maximum atomic E-state index is 13.1. The van der Waals surface area contributed by atoms with Gasteiger partial charge in [0.2, 0.25) is 0 Å². The van der Waals surface area contributed by atoms with E-state index in [1.165, 1.54) is 6.20 Å². The first kappa shape index (κ1) is 18.7. The average Bonchev–Trinajstić information content (AvgIpc) is 2.61. The van der Waals surface area contributed by atoms with Gasteiger partial charge in [-0.15, -0.1) is 0 Å². The molecule has 27 heavy (non-hydrogen) atoms. The summed E-state index contributed by atoms with van der Waals surface area (Å²) in [4.78, 5) is 8.01. The molecule has 0 aliphatic heterocycles. The second kappa shape index (κ2) is 6.57. The summed E-state index contributed by atoms with van der Waals surface area (Å²) in [7, 11) is 0. The Balaban J connectivity index is 2.21. The highest BCUT2D eigenvalue weighted by molar-refractivity contribution is 5.74. The van der Waals surface area contributed by atoms with Crippen molar-refractivity contribution in [1.29, 1.82) is 0 Å². The molecule has 1 aromatic heterocycles. The van der Waals surface area contributed by atoms with Gasteiger partial charge in [0.05, 0.1) is 23.0 Å². The number of hydrogen-bond acceptors (Lipinski definition) is 3. The zero-order valence-electron chi connectivity index (χ0n) is 13.4. The van der Waals surface area contributed by atoms with Crippen LogP contribution in [0, 0.1) is 0 Å². The Kier molecular flexibility index (Phi) is 4.54. The predicted octanol–water partition coefficient (Wildman–Crippen LogP) is 5.43. The molecule has 3 nitrogen and oxygen atoms in total. The fraction of sp³-hybridized carbons (Fsp3) is 0.111. The second-order valence-corrected chi connectivity index (χ2v) is 5.65. The van der Waals surface area contributed by atoms with Crippen molar-refractivity contribution in [2.75, 3.05) is 5.73 Å². The fourth-order valence-corrected chi connectivity index (χ4v) is 2.45. The van der Waals surface area contributed by atoms with Gasteiger partial charge in [0.15, 0.2) is 0 Å². The third-order valence-electron chi connectivity index (χ3n) is 3.73. The largest absolute Gasteiger partial charge is 0.416 e. The Hall–Kier alpha value is -3.10. The molecule has 0 atom stereocenters. The monoisotopic (exact) mass is 383 g/mol. The van der Waals surface area contributed by atoms with Gasteiger partial charge in [0.1, 0.15) is 11.5 Å². The number of nitrogens with zero attached hydrogens (tertiary/aromatic N) is 2. The van der Waals surface area contributed by atoms with Gasteiger partial charge < -0.3 is 5.73 Å². The van der Waals surface area contributed by atoms with Gasteiger partial charge in [-0.3, -0.25) is 0 Å². The lowest BCUT2D eigenvalue weighted by atomic mass is 10.0. The van der Waals surface area contributed by atoms with Gasteiger partial charge in [-0.25, -0.2) is 9.97 Å². The Morgan fingerprint density at radius 1 is 0.741 bits per heavy atom. The Morgan fingerprint density at radius 3 is 1.81 bits per heavy atom. The van der Waals surface area contributed by atoms with Crippen LogP contribution in [0.25, 0.3) is 22.5 Å². The lowest BCUT2D eigenvalue weighted by Crippen LogP contribution is -2.11. The van der Waals surface area contributed by atoms with E-state index in [1.807, 2.05) is 0 Å². The molecule has 0 fully saturated rings. The summed E-state index contributed by atoms with van der Waals surface area (Å²) in [5.41, 5.74) is 2.98. The molecule has 0 saturated heterocycles. The van der Waals surface area contributed by atoms with Crippen LogP contribution in [0.4, 0.5) is 32.2 Å². The summed E-state index contributed by atoms with van der Waals surface area (Å²) in [5.74, 6) is -0.276. The smallest absolute Gasteiger partial charge is 0.382 e. The number of nitrogen functional groups attached to an aromatic ring is 1. The van der Waals surface area contributed by atoms with Gasteiger partial charge >= 0.3 is 12.4 Å². The molecule has 0 aliphatic carbocycles. The van der Waals surface area contributed by atoms with Crippen molar-refractivity contribution in [1.82, 2.24) is 9.97 Å². The minimum atomic E-state index is -4.96. The summed E-state index contributed by atoms with van der Waals surface area (Å²) in [5, 5.41) is 0. The average molecular weight is 383 g/mol. The lowest BCUT2D eigenvalue weighted by molar-refractivity contribution is -0.143. The van der Waals surface area contributed by atoms with E-state index in [9.17, 15) is 26.3 Å². The molecule has 2 aromatic carbocycles. The van der Waals surface area contributed by atoms with Crippen LogP contribution in [0.1, 0.15) is 11.1 Å². The minimum absolute atomic E-state index is 0.0498. The van der Waals surface area contributed by atoms with Crippen LogP contribution in [0.5, 0.6) is 0 Å². The van der Waals surface area contributed by atoms with E-state index in [0.29, 0.717) is 17.7 Å². The molecular formula is C18H11F6N3. The number of alkyl halides is 6. The SMILES string of the molecule is Nc1ncc(-c2ccccc2)nc1-c1cc(C(F)(F)F)cc(C(F)(F)F)c1. The zero-order chi connectivity index (χ0) is 19.8. The number of halogens is 6. The number of nitrogens with two attached hydrogens (primary N) is 1. The zero-order valence-corrected chi connectivity index (χ0v) is 13.4. The highest BCUT2D eigenvalue weighted by Gasteiger charge is 2.37. The molecule has 0 radical (unpaired) electrons. The van der Waals surface area contributed by atoms with E-state index in [4.69, 9.17) is 5.73 Å². The van der Waals surface area contributed by atoms with Crippen LogP contribution in [-0.4, -0.2) is 9.97 Å². The molecule has 3 aromatic rings. The molecule has 0 amide bonds. The number of hydrogen-bond donors (Lipinski definition) is 1. The Bertz CT molecular complexity index is 933. The van der Waals surface area contributed by atoms with Crippen molar-refractivity contribution in [2.45, 2.75) is 12.4 Å². The first-order valence-electron chi connectivity index (χ1n) is 7.53. The van der Waals surface area contributed by atoms with Crippen molar-refractivity contribution < 1.29 is 26.3 Å². The Morgan fingerprint density at radius 2 is 1.30 bits per heavy atom. The second-order valence-electron chi connectivity index (χ2n) is 5.65. The summed E-state index contributed by atoms with van der Waals surface area (Å²) < 4.78 is 78.4. The quantitative estimate of drug-likeness (QED) is 0.601. The summed E-state index contributed by atoms with van der Waals surface area (Å²) in [6, 6.07) is 9.72. The highest BCUT2D eigenvalue weighted by Crippen LogP contribution is 2.39. The van der Waals surface area contributed by atoms with Gasteiger partial charge in [0.25, 0.3) is 0 Å². The van der Waals surface area contributed by atoms with Crippen molar-refractivity contribution in [3.63, 3.8) is 0 Å². The first-order chi connectivity index (χ1) is 12.6. The summed E-state index contributed by atoms with van der Waals surface area (Å²) in [6.07, 6.45) is -8.63. The minimum Gasteiger partial charge on any atom is -0.382 e. The molecule has 0 spiro atoms. The Labute approximate surface area is 149 Å². The van der Waals surface area contributed by atoms with Crippen molar-refractivity contribution in [3.05, 3.63) is 65.9 Å². The van der Waals surface area contributed by atoms with Gasteiger partial charge in [0, 0.05) is 11.1 Å². The molecule has 2 N–H and O–H groups in total. The van der Waals surface area contributed by atoms with E-state index in [-0.39, 0.29) is 23.3 Å². The molecule has 0 unspecified atom stereocenters. The summed E-state index contributed by atoms with van der Waals surface area (Å²) >= 11 is 0. The van der Waals surface area contributed by atoms with Crippen LogP contribution >= 0.6 is 0 Å². The van der Waals surface area contributed by atoms with Crippen LogP contribution < -0.4 is 5.73 Å². The molecule has 1 heterocycles. The molecule has 3 rings (SSSR count). The number of benzene rings is 2. The topological polar surface area (TPSA) is 51.8 Å². The molecule has 0 saturated carbocycles. The third kappa shape index (κ3) is 4.02. The molecule has 9 heteroatoms. The van der Waals surface area contributed by atoms with E-state index < -0.39 is 29.0 Å². The number of anilines is 1. The number of aromatic nitrogens is 2. The van der Waals surface area contributed by atoms with E-state index in [2.05, 4.69) is 9.97 Å². The van der Waals surface area contributed by atoms with Crippen LogP contribution in [0.3, 0.4) is 0 Å². The predicted molar refractivity (Wildman–Crippen MR) is 87.3 cm³/mol. The molecule has 140 valence electrons. The third-order valence-corrected chi connectivity index (χ3v) is 3.73. The van der Waals surface area contributed by atoms with Gasteiger partial charge in [-0.05, 0) is 18.2 Å². The maximum Gasteiger partial charge on any atom is 0.416 e. The fourth-order valence-electron chi connectivity index (χ4n) is 2.45. The molecule has 0 bridgehead atoms. The lowest BCUT2D eigenvalue weighted by Gasteiger charge is -2.15. The normalized spacial score (nSPS) is 12.2. The van der Waals surface area contributed by atoms with Crippen molar-refractivity contribution >= 4 is 5.82 Å². The van der Waals surface area contributed by atoms with Crippen LogP contribution in [0.2, 0.25) is 0 Å². The number of rotatable bonds is 2. The molecule has 0 aliphatic rings. The van der Waals surface area contributed by atoms with Crippen LogP contribution in [0.15, 0.2) is 54.7 Å².